The van der Waals surface area contributed by atoms with Gasteiger partial charge in [0.15, 0.2) is 0 Å². The second-order valence-electron chi connectivity index (χ2n) is 5.03. The highest BCUT2D eigenvalue weighted by atomic mass is 79.9. The van der Waals surface area contributed by atoms with Crippen LogP contribution < -0.4 is 10.6 Å². The van der Waals surface area contributed by atoms with E-state index in [-0.39, 0.29) is 12.1 Å². The Balaban J connectivity index is 1.73. The van der Waals surface area contributed by atoms with Crippen LogP contribution in [0.5, 0.6) is 0 Å². The maximum absolute atomic E-state index is 11.7. The summed E-state index contributed by atoms with van der Waals surface area (Å²) in [5, 5.41) is 15.2. The quantitative estimate of drug-likeness (QED) is 0.799. The molecule has 0 saturated heterocycles. The number of aliphatic hydroxyl groups excluding tert-OH is 1. The minimum atomic E-state index is -0.199. The van der Waals surface area contributed by atoms with Crippen LogP contribution in [0, 0.1) is 5.92 Å². The van der Waals surface area contributed by atoms with Crippen molar-refractivity contribution in [3.8, 4) is 0 Å². The summed E-state index contributed by atoms with van der Waals surface area (Å²) in [5.41, 5.74) is 0.768. The number of hydrogen-bond acceptors (Lipinski definition) is 2. The minimum Gasteiger partial charge on any atom is -0.393 e. The predicted molar refractivity (Wildman–Crippen MR) is 79.1 cm³/mol. The fraction of sp³-hybridized carbons (Fsp3) is 0.500. The molecule has 4 nitrogen and oxygen atoms in total. The Bertz CT molecular complexity index is 422. The van der Waals surface area contributed by atoms with Crippen molar-refractivity contribution < 1.29 is 9.90 Å². The topological polar surface area (TPSA) is 61.4 Å². The van der Waals surface area contributed by atoms with Crippen LogP contribution in [-0.4, -0.2) is 23.8 Å². The summed E-state index contributed by atoms with van der Waals surface area (Å²) >= 11 is 3.35. The molecule has 0 spiro atoms. The fourth-order valence-electron chi connectivity index (χ4n) is 2.39. The van der Waals surface area contributed by atoms with Crippen molar-refractivity contribution in [1.29, 1.82) is 0 Å². The van der Waals surface area contributed by atoms with Gasteiger partial charge in [0.25, 0.3) is 0 Å². The minimum absolute atomic E-state index is 0.192. The van der Waals surface area contributed by atoms with Gasteiger partial charge in [0.05, 0.1) is 6.10 Å². The number of aliphatic hydroxyl groups is 1. The molecular formula is C14H19BrN2O2. The van der Waals surface area contributed by atoms with Gasteiger partial charge in [-0.05, 0) is 49.4 Å². The third kappa shape index (κ3) is 4.84. The molecule has 1 aromatic rings. The number of carbonyl (C=O) groups is 1. The molecule has 0 bridgehead atoms. The highest BCUT2D eigenvalue weighted by Gasteiger charge is 2.20. The van der Waals surface area contributed by atoms with Crippen LogP contribution in [0.4, 0.5) is 10.5 Å². The van der Waals surface area contributed by atoms with Crippen molar-refractivity contribution >= 4 is 27.6 Å². The number of nitrogens with one attached hydrogen (secondary N) is 2. The lowest BCUT2D eigenvalue weighted by Crippen LogP contribution is -2.35. The maximum Gasteiger partial charge on any atom is 0.319 e. The number of urea groups is 1. The highest BCUT2D eigenvalue weighted by Crippen LogP contribution is 2.23. The monoisotopic (exact) mass is 326 g/mol. The van der Waals surface area contributed by atoms with Gasteiger partial charge in [0.2, 0.25) is 0 Å². The second kappa shape index (κ2) is 6.91. The van der Waals surface area contributed by atoms with Crippen LogP contribution in [0.25, 0.3) is 0 Å². The molecule has 0 radical (unpaired) electrons. The Labute approximate surface area is 121 Å². The first-order valence-corrected chi connectivity index (χ1v) is 7.41. The summed E-state index contributed by atoms with van der Waals surface area (Å²) in [6.07, 6.45) is 3.60. The van der Waals surface area contributed by atoms with Gasteiger partial charge >= 0.3 is 6.03 Å². The van der Waals surface area contributed by atoms with E-state index in [0.717, 1.165) is 35.8 Å². The van der Waals surface area contributed by atoms with E-state index in [1.54, 1.807) is 0 Å². The standard InChI is InChI=1S/C14H19BrN2O2/c15-11-4-6-12(7-5-11)17-14(19)16-9-10-2-1-3-13(18)8-10/h4-7,10,13,18H,1-3,8-9H2,(H2,16,17,19). The number of anilines is 1. The zero-order valence-corrected chi connectivity index (χ0v) is 12.3. The molecule has 0 aliphatic heterocycles. The smallest absolute Gasteiger partial charge is 0.319 e. The number of amides is 2. The summed E-state index contributed by atoms with van der Waals surface area (Å²) in [5.74, 6) is 0.388. The first-order chi connectivity index (χ1) is 9.13. The van der Waals surface area contributed by atoms with Crippen molar-refractivity contribution in [2.45, 2.75) is 31.8 Å². The third-order valence-corrected chi connectivity index (χ3v) is 3.94. The van der Waals surface area contributed by atoms with E-state index >= 15 is 0 Å². The number of hydrogen-bond donors (Lipinski definition) is 3. The largest absolute Gasteiger partial charge is 0.393 e. The Morgan fingerprint density at radius 3 is 2.74 bits per heavy atom. The van der Waals surface area contributed by atoms with Gasteiger partial charge in [-0.1, -0.05) is 22.4 Å². The Morgan fingerprint density at radius 2 is 2.05 bits per heavy atom. The molecule has 0 heterocycles. The molecule has 1 saturated carbocycles. The van der Waals surface area contributed by atoms with E-state index < -0.39 is 0 Å². The van der Waals surface area contributed by atoms with Crippen LogP contribution in [0.1, 0.15) is 25.7 Å². The molecule has 1 fully saturated rings. The van der Waals surface area contributed by atoms with E-state index in [9.17, 15) is 9.90 Å². The van der Waals surface area contributed by atoms with Crippen molar-refractivity contribution in [3.05, 3.63) is 28.7 Å². The summed E-state index contributed by atoms with van der Waals surface area (Å²) in [4.78, 5) is 11.7. The van der Waals surface area contributed by atoms with Crippen molar-refractivity contribution in [3.63, 3.8) is 0 Å². The lowest BCUT2D eigenvalue weighted by atomic mass is 9.87. The summed E-state index contributed by atoms with van der Waals surface area (Å²) < 4.78 is 0.981. The molecule has 1 aromatic carbocycles. The molecular weight excluding hydrogens is 308 g/mol. The predicted octanol–water partition coefficient (Wildman–Crippen LogP) is 3.12. The van der Waals surface area contributed by atoms with Crippen LogP contribution >= 0.6 is 15.9 Å². The van der Waals surface area contributed by atoms with E-state index in [1.165, 1.54) is 0 Å². The zero-order valence-electron chi connectivity index (χ0n) is 10.7. The normalized spacial score (nSPS) is 22.8. The lowest BCUT2D eigenvalue weighted by molar-refractivity contribution is 0.101. The van der Waals surface area contributed by atoms with Gasteiger partial charge in [0.1, 0.15) is 0 Å². The average Bonchev–Trinajstić information content (AvgIpc) is 2.39. The Kier molecular flexibility index (Phi) is 5.22. The first-order valence-electron chi connectivity index (χ1n) is 6.62. The summed E-state index contributed by atoms with van der Waals surface area (Å²) in [6.45, 7) is 0.624. The zero-order chi connectivity index (χ0) is 13.7. The molecule has 1 aliphatic carbocycles. The number of carbonyl (C=O) groups excluding carboxylic acids is 1. The highest BCUT2D eigenvalue weighted by molar-refractivity contribution is 9.10. The van der Waals surface area contributed by atoms with E-state index in [0.29, 0.717) is 12.5 Å². The van der Waals surface area contributed by atoms with E-state index in [2.05, 4.69) is 26.6 Å². The molecule has 19 heavy (non-hydrogen) atoms. The van der Waals surface area contributed by atoms with E-state index in [1.807, 2.05) is 24.3 Å². The fourth-order valence-corrected chi connectivity index (χ4v) is 2.66. The molecule has 0 aromatic heterocycles. The molecule has 2 rings (SSSR count). The Morgan fingerprint density at radius 1 is 1.32 bits per heavy atom. The van der Waals surface area contributed by atoms with Gasteiger partial charge in [-0.2, -0.15) is 0 Å². The van der Waals surface area contributed by atoms with Gasteiger partial charge in [-0.25, -0.2) is 4.79 Å². The van der Waals surface area contributed by atoms with Crippen molar-refractivity contribution in [1.82, 2.24) is 5.32 Å². The van der Waals surface area contributed by atoms with Crippen molar-refractivity contribution in [2.75, 3.05) is 11.9 Å². The molecule has 2 atom stereocenters. The molecule has 5 heteroatoms. The van der Waals surface area contributed by atoms with Gasteiger partial charge in [0, 0.05) is 16.7 Å². The SMILES string of the molecule is O=C(NCC1CCCC(O)C1)Nc1ccc(Br)cc1. The molecule has 1 aliphatic rings. The first kappa shape index (κ1) is 14.3. The average molecular weight is 327 g/mol. The van der Waals surface area contributed by atoms with E-state index in [4.69, 9.17) is 0 Å². The summed E-state index contributed by atoms with van der Waals surface area (Å²) in [6, 6.07) is 7.25. The summed E-state index contributed by atoms with van der Waals surface area (Å²) in [7, 11) is 0. The molecule has 2 unspecified atom stereocenters. The van der Waals surface area contributed by atoms with Gasteiger partial charge < -0.3 is 15.7 Å². The number of benzene rings is 1. The Hall–Kier alpha value is -1.07. The van der Waals surface area contributed by atoms with Gasteiger partial charge in [-0.15, -0.1) is 0 Å². The lowest BCUT2D eigenvalue weighted by Gasteiger charge is -2.25. The van der Waals surface area contributed by atoms with Gasteiger partial charge in [-0.3, -0.25) is 0 Å². The van der Waals surface area contributed by atoms with Crippen LogP contribution in [0.2, 0.25) is 0 Å². The molecule has 104 valence electrons. The third-order valence-electron chi connectivity index (χ3n) is 3.41. The number of halogens is 1. The number of rotatable bonds is 3. The second-order valence-corrected chi connectivity index (χ2v) is 5.94. The van der Waals surface area contributed by atoms with Crippen LogP contribution in [-0.2, 0) is 0 Å². The van der Waals surface area contributed by atoms with Crippen LogP contribution in [0.3, 0.4) is 0 Å². The maximum atomic E-state index is 11.7. The van der Waals surface area contributed by atoms with Crippen molar-refractivity contribution in [2.24, 2.45) is 5.92 Å². The molecule has 3 N–H and O–H groups in total. The van der Waals surface area contributed by atoms with Crippen LogP contribution in [0.15, 0.2) is 28.7 Å². The molecule has 2 amide bonds.